The van der Waals surface area contributed by atoms with Crippen molar-refractivity contribution >= 4 is 0 Å². The summed E-state index contributed by atoms with van der Waals surface area (Å²) in [6.07, 6.45) is 4.12. The van der Waals surface area contributed by atoms with Gasteiger partial charge in [0, 0.05) is 17.8 Å². The maximum Gasteiger partial charge on any atom is 0.224 e. The Bertz CT molecular complexity index is 1270. The molecular formula is C26H26F2N4. The first-order valence-electron chi connectivity index (χ1n) is 10.5. The van der Waals surface area contributed by atoms with Gasteiger partial charge in [-0.1, -0.05) is 32.9 Å². The molecule has 0 aliphatic carbocycles. The molecule has 6 heteroatoms. The van der Waals surface area contributed by atoms with Gasteiger partial charge in [0.2, 0.25) is 11.9 Å². The van der Waals surface area contributed by atoms with Crippen molar-refractivity contribution < 1.29 is 8.78 Å². The average Bonchev–Trinajstić information content (AvgIpc) is 3.25. The summed E-state index contributed by atoms with van der Waals surface area (Å²) in [4.78, 5) is 12.9. The summed E-state index contributed by atoms with van der Waals surface area (Å²) in [7, 11) is 0. The Balaban J connectivity index is 1.71. The molecule has 0 atom stereocenters. The summed E-state index contributed by atoms with van der Waals surface area (Å²) in [6, 6.07) is 15.9. The van der Waals surface area contributed by atoms with E-state index < -0.39 is 17.3 Å². The first-order chi connectivity index (χ1) is 15.1. The maximum absolute atomic E-state index is 14.2. The van der Waals surface area contributed by atoms with E-state index in [0.717, 1.165) is 23.3 Å². The van der Waals surface area contributed by atoms with Crippen LogP contribution in [-0.4, -0.2) is 19.5 Å². The topological polar surface area (TPSA) is 43.6 Å². The number of halogens is 2. The predicted octanol–water partition coefficient (Wildman–Crippen LogP) is 6.23. The molecule has 32 heavy (non-hydrogen) atoms. The molecule has 0 N–H and O–H groups in total. The molecule has 0 amide bonds. The fraction of sp³-hybridized carbons (Fsp3) is 0.269. The highest BCUT2D eigenvalue weighted by molar-refractivity contribution is 5.59. The van der Waals surface area contributed by atoms with Gasteiger partial charge in [-0.25, -0.2) is 4.98 Å². The minimum absolute atomic E-state index is 0.0526. The highest BCUT2D eigenvalue weighted by Gasteiger charge is 2.27. The molecule has 164 valence electrons. The first kappa shape index (κ1) is 21.8. The molecule has 4 heterocycles. The first-order valence-corrected chi connectivity index (χ1v) is 10.5. The molecule has 0 aliphatic rings. The fourth-order valence-corrected chi connectivity index (χ4v) is 3.57. The molecular weight excluding hydrogens is 406 g/mol. The van der Waals surface area contributed by atoms with Crippen molar-refractivity contribution in [1.29, 1.82) is 0 Å². The molecule has 0 aromatic carbocycles. The highest BCUT2D eigenvalue weighted by atomic mass is 19.1. The van der Waals surface area contributed by atoms with E-state index in [0.29, 0.717) is 5.69 Å². The Morgan fingerprint density at radius 2 is 1.44 bits per heavy atom. The average molecular weight is 433 g/mol. The van der Waals surface area contributed by atoms with Crippen molar-refractivity contribution in [2.24, 2.45) is 0 Å². The Morgan fingerprint density at radius 1 is 0.750 bits per heavy atom. The van der Waals surface area contributed by atoms with Crippen LogP contribution in [0.25, 0.3) is 17.1 Å². The third-order valence-electron chi connectivity index (χ3n) is 5.68. The van der Waals surface area contributed by atoms with E-state index >= 15 is 0 Å². The van der Waals surface area contributed by atoms with E-state index in [-0.39, 0.29) is 11.0 Å². The zero-order chi connectivity index (χ0) is 23.1. The molecule has 0 fully saturated rings. The second kappa shape index (κ2) is 7.93. The molecule has 4 aromatic heterocycles. The summed E-state index contributed by atoms with van der Waals surface area (Å²) >= 11 is 0. The van der Waals surface area contributed by atoms with Crippen LogP contribution in [0.2, 0.25) is 0 Å². The van der Waals surface area contributed by atoms with E-state index in [4.69, 9.17) is 4.98 Å². The zero-order valence-electron chi connectivity index (χ0n) is 18.9. The van der Waals surface area contributed by atoms with Gasteiger partial charge >= 0.3 is 0 Å². The van der Waals surface area contributed by atoms with Crippen molar-refractivity contribution in [2.45, 2.75) is 45.4 Å². The summed E-state index contributed by atoms with van der Waals surface area (Å²) in [5.74, 6) is -0.922. The van der Waals surface area contributed by atoms with Crippen molar-refractivity contribution in [3.8, 4) is 17.1 Å². The van der Waals surface area contributed by atoms with Crippen LogP contribution < -0.4 is 0 Å². The van der Waals surface area contributed by atoms with Crippen LogP contribution >= 0.6 is 0 Å². The second-order valence-corrected chi connectivity index (χ2v) is 9.44. The van der Waals surface area contributed by atoms with Gasteiger partial charge in [-0.15, -0.1) is 0 Å². The van der Waals surface area contributed by atoms with Gasteiger partial charge in [-0.2, -0.15) is 13.8 Å². The van der Waals surface area contributed by atoms with Crippen molar-refractivity contribution in [3.63, 3.8) is 0 Å². The van der Waals surface area contributed by atoms with Crippen molar-refractivity contribution in [2.75, 3.05) is 0 Å². The molecule has 0 saturated carbocycles. The summed E-state index contributed by atoms with van der Waals surface area (Å²) in [6.45, 7) is 10.6. The minimum Gasteiger partial charge on any atom is -0.308 e. The monoisotopic (exact) mass is 432 g/mol. The van der Waals surface area contributed by atoms with Crippen LogP contribution in [0.15, 0.2) is 67.0 Å². The minimum atomic E-state index is -0.880. The van der Waals surface area contributed by atoms with Gasteiger partial charge < -0.3 is 4.57 Å². The summed E-state index contributed by atoms with van der Waals surface area (Å²) in [5.41, 5.74) is 2.86. The number of hydrogen-bond acceptors (Lipinski definition) is 3. The van der Waals surface area contributed by atoms with Crippen LogP contribution in [0.1, 0.15) is 51.6 Å². The van der Waals surface area contributed by atoms with Gasteiger partial charge in [-0.3, -0.25) is 4.98 Å². The number of pyridine rings is 3. The third kappa shape index (κ3) is 4.17. The van der Waals surface area contributed by atoms with Crippen LogP contribution in [0.3, 0.4) is 0 Å². The molecule has 0 saturated heterocycles. The lowest BCUT2D eigenvalue weighted by molar-refractivity contribution is 0.514. The highest BCUT2D eigenvalue weighted by Crippen LogP contribution is 2.32. The number of rotatable bonds is 4. The van der Waals surface area contributed by atoms with Crippen LogP contribution in [0, 0.1) is 11.9 Å². The van der Waals surface area contributed by atoms with Crippen LogP contribution in [0.4, 0.5) is 8.78 Å². The molecule has 4 nitrogen and oxygen atoms in total. The number of nitrogens with zero attached hydrogens (tertiary/aromatic N) is 4. The number of aromatic nitrogens is 4. The lowest BCUT2D eigenvalue weighted by atomic mass is 9.84. The SMILES string of the molecule is CC(C)(C)c1ccn(-c2cccc(C(C)(C)c3cccc(-c4ccc(F)nc4F)n3)n2)c1. The van der Waals surface area contributed by atoms with Gasteiger partial charge in [-0.05, 0) is 67.3 Å². The third-order valence-corrected chi connectivity index (χ3v) is 5.68. The molecule has 0 unspecified atom stereocenters. The van der Waals surface area contributed by atoms with Crippen molar-refractivity contribution in [1.82, 2.24) is 19.5 Å². The Morgan fingerprint density at radius 3 is 2.09 bits per heavy atom. The molecule has 4 rings (SSSR count). The van der Waals surface area contributed by atoms with Crippen LogP contribution in [-0.2, 0) is 10.8 Å². The molecule has 0 spiro atoms. The van der Waals surface area contributed by atoms with E-state index in [1.807, 2.05) is 54.9 Å². The van der Waals surface area contributed by atoms with Gasteiger partial charge in [0.15, 0.2) is 0 Å². The number of hydrogen-bond donors (Lipinski definition) is 0. The standard InChI is InChI=1S/C26H26F2N4/c1-25(2,3)17-14-15-32(16-17)23-11-7-10-21(30-23)26(4,5)20-9-6-8-19(29-20)18-12-13-22(27)31-24(18)28/h6-16H,1-5H3. The molecule has 0 bridgehead atoms. The predicted molar refractivity (Wildman–Crippen MR) is 122 cm³/mol. The molecule has 0 radical (unpaired) electrons. The summed E-state index contributed by atoms with van der Waals surface area (Å²) in [5, 5.41) is 0. The Hall–Kier alpha value is -3.41. The van der Waals surface area contributed by atoms with E-state index in [1.54, 1.807) is 6.07 Å². The lowest BCUT2D eigenvalue weighted by Gasteiger charge is -2.25. The Kier molecular flexibility index (Phi) is 5.41. The van der Waals surface area contributed by atoms with Gasteiger partial charge in [0.05, 0.1) is 22.6 Å². The smallest absolute Gasteiger partial charge is 0.224 e. The molecule has 4 aromatic rings. The van der Waals surface area contributed by atoms with E-state index in [2.05, 4.69) is 43.0 Å². The zero-order valence-corrected chi connectivity index (χ0v) is 18.9. The van der Waals surface area contributed by atoms with Gasteiger partial charge in [0.1, 0.15) is 5.82 Å². The lowest BCUT2D eigenvalue weighted by Crippen LogP contribution is -2.23. The largest absolute Gasteiger partial charge is 0.308 e. The fourth-order valence-electron chi connectivity index (χ4n) is 3.57. The quantitative estimate of drug-likeness (QED) is 0.359. The maximum atomic E-state index is 14.2. The molecule has 0 aliphatic heterocycles. The van der Waals surface area contributed by atoms with E-state index in [9.17, 15) is 8.78 Å². The van der Waals surface area contributed by atoms with Crippen LogP contribution in [0.5, 0.6) is 0 Å². The summed E-state index contributed by atoms with van der Waals surface area (Å²) < 4.78 is 29.4. The van der Waals surface area contributed by atoms with Crippen molar-refractivity contribution in [3.05, 3.63) is 95.8 Å². The Labute approximate surface area is 187 Å². The normalized spacial score (nSPS) is 12.2. The van der Waals surface area contributed by atoms with Gasteiger partial charge in [0.25, 0.3) is 0 Å². The second-order valence-electron chi connectivity index (χ2n) is 9.44. The van der Waals surface area contributed by atoms with E-state index in [1.165, 1.54) is 11.6 Å².